The van der Waals surface area contributed by atoms with Gasteiger partial charge in [0, 0.05) is 22.3 Å². The van der Waals surface area contributed by atoms with E-state index in [0.29, 0.717) is 5.56 Å². The van der Waals surface area contributed by atoms with Crippen LogP contribution in [0.4, 0.5) is 0 Å². The van der Waals surface area contributed by atoms with E-state index in [9.17, 15) is 8.42 Å². The predicted octanol–water partition coefficient (Wildman–Crippen LogP) is 2.36. The molecule has 0 unspecified atom stereocenters. The highest BCUT2D eigenvalue weighted by atomic mass is 35.7. The van der Waals surface area contributed by atoms with Crippen molar-refractivity contribution >= 4 is 41.4 Å². The minimum Gasteiger partial charge on any atom is -0.212 e. The van der Waals surface area contributed by atoms with Gasteiger partial charge in [0.15, 0.2) is 0 Å². The van der Waals surface area contributed by atoms with E-state index in [1.165, 1.54) is 11.5 Å². The molecule has 0 saturated heterocycles. The summed E-state index contributed by atoms with van der Waals surface area (Å²) < 4.78 is 26.6. The van der Waals surface area contributed by atoms with Gasteiger partial charge in [-0.3, -0.25) is 0 Å². The first-order chi connectivity index (χ1) is 6.54. The molecule has 1 aromatic carbocycles. The third-order valence-corrected chi connectivity index (χ3v) is 3.53. The number of halogens is 1. The molecule has 0 bridgehead atoms. The molecular weight excluding hydrogens is 242 g/mol. The van der Waals surface area contributed by atoms with E-state index >= 15 is 0 Å². The topological polar surface area (TPSA) is 47.0 Å². The lowest BCUT2D eigenvalue weighted by Crippen LogP contribution is -1.94. The van der Waals surface area contributed by atoms with Crippen molar-refractivity contribution in [2.45, 2.75) is 5.75 Å². The van der Waals surface area contributed by atoms with Crippen molar-refractivity contribution in [1.29, 1.82) is 0 Å². The lowest BCUT2D eigenvalue weighted by atomic mass is 10.2. The third-order valence-electron chi connectivity index (χ3n) is 1.76. The Morgan fingerprint density at radius 1 is 1.43 bits per heavy atom. The molecule has 3 nitrogen and oxygen atoms in total. The average Bonchev–Trinajstić information content (AvgIpc) is 2.47. The van der Waals surface area contributed by atoms with E-state index in [-0.39, 0.29) is 5.75 Å². The van der Waals surface area contributed by atoms with Crippen molar-refractivity contribution < 1.29 is 8.42 Å². The normalized spacial score (nSPS) is 12.1. The summed E-state index contributed by atoms with van der Waals surface area (Å²) in [6.07, 6.45) is 1.75. The second-order valence-electron chi connectivity index (χ2n) is 2.88. The summed E-state index contributed by atoms with van der Waals surface area (Å²) in [4.78, 5) is 0. The number of fused-ring (bicyclic) bond motifs is 1. The van der Waals surface area contributed by atoms with Gasteiger partial charge < -0.3 is 0 Å². The van der Waals surface area contributed by atoms with Gasteiger partial charge in [-0.15, -0.1) is 0 Å². The fraction of sp³-hybridized carbons (Fsp3) is 0.125. The summed E-state index contributed by atoms with van der Waals surface area (Å²) in [5, 5.41) is 1.02. The van der Waals surface area contributed by atoms with Crippen molar-refractivity contribution in [3.05, 3.63) is 30.0 Å². The molecule has 0 aliphatic rings. The predicted molar refractivity (Wildman–Crippen MR) is 58.1 cm³/mol. The monoisotopic (exact) mass is 247 g/mol. The van der Waals surface area contributed by atoms with Crippen LogP contribution in [0.25, 0.3) is 10.1 Å². The van der Waals surface area contributed by atoms with Crippen LogP contribution in [0, 0.1) is 0 Å². The Labute approximate surface area is 89.9 Å². The minimum absolute atomic E-state index is 0.137. The second-order valence-corrected chi connectivity index (χ2v) is 6.49. The van der Waals surface area contributed by atoms with Crippen LogP contribution in [0.3, 0.4) is 0 Å². The largest absolute Gasteiger partial charge is 0.236 e. The van der Waals surface area contributed by atoms with Crippen LogP contribution in [-0.4, -0.2) is 12.8 Å². The Balaban J connectivity index is 2.44. The molecular formula is C8H6ClNO2S2. The smallest absolute Gasteiger partial charge is 0.212 e. The van der Waals surface area contributed by atoms with Gasteiger partial charge in [-0.1, -0.05) is 12.1 Å². The van der Waals surface area contributed by atoms with Crippen LogP contribution in [0.2, 0.25) is 0 Å². The van der Waals surface area contributed by atoms with Crippen molar-refractivity contribution in [2.75, 3.05) is 0 Å². The minimum atomic E-state index is -3.47. The molecule has 0 N–H and O–H groups in total. The Morgan fingerprint density at radius 3 is 2.93 bits per heavy atom. The summed E-state index contributed by atoms with van der Waals surface area (Å²) in [5.41, 5.74) is 0.691. The number of rotatable bonds is 2. The molecule has 0 spiro atoms. The first kappa shape index (κ1) is 9.89. The molecule has 0 saturated carbocycles. The van der Waals surface area contributed by atoms with Crippen molar-refractivity contribution in [3.8, 4) is 0 Å². The van der Waals surface area contributed by atoms with E-state index in [2.05, 4.69) is 4.37 Å². The maximum atomic E-state index is 10.8. The molecule has 0 atom stereocenters. The van der Waals surface area contributed by atoms with Gasteiger partial charge in [0.2, 0.25) is 9.05 Å². The Bertz CT molecular complexity index is 561. The van der Waals surface area contributed by atoms with Gasteiger partial charge in [0.25, 0.3) is 0 Å². The maximum Gasteiger partial charge on any atom is 0.236 e. The van der Waals surface area contributed by atoms with Gasteiger partial charge in [0.1, 0.15) is 0 Å². The van der Waals surface area contributed by atoms with Crippen molar-refractivity contribution in [3.63, 3.8) is 0 Å². The fourth-order valence-electron chi connectivity index (χ4n) is 1.19. The molecule has 14 heavy (non-hydrogen) atoms. The van der Waals surface area contributed by atoms with Crippen LogP contribution in [0.5, 0.6) is 0 Å². The third kappa shape index (κ3) is 2.23. The first-order valence-electron chi connectivity index (χ1n) is 3.80. The van der Waals surface area contributed by atoms with Gasteiger partial charge in [-0.25, -0.2) is 8.42 Å². The molecule has 74 valence electrons. The molecule has 1 aromatic heterocycles. The highest BCUT2D eigenvalue weighted by Gasteiger charge is 2.07. The molecule has 1 heterocycles. The standard InChI is InChI=1S/C8H6ClNO2S2/c9-14(11,12)5-6-1-2-7-4-10-13-8(7)3-6/h1-4H,5H2. The van der Waals surface area contributed by atoms with Gasteiger partial charge >= 0.3 is 0 Å². The molecule has 6 heteroatoms. The zero-order valence-electron chi connectivity index (χ0n) is 6.97. The van der Waals surface area contributed by atoms with E-state index in [1.54, 1.807) is 18.3 Å². The number of hydrogen-bond donors (Lipinski definition) is 0. The molecule has 0 amide bonds. The summed E-state index contributed by atoms with van der Waals surface area (Å²) >= 11 is 1.34. The first-order valence-corrected chi connectivity index (χ1v) is 7.05. The summed E-state index contributed by atoms with van der Waals surface area (Å²) in [7, 11) is 1.68. The number of benzene rings is 1. The molecule has 0 aliphatic heterocycles. The van der Waals surface area contributed by atoms with Gasteiger partial charge in [0.05, 0.1) is 10.5 Å². The van der Waals surface area contributed by atoms with Crippen LogP contribution in [-0.2, 0) is 14.8 Å². The summed E-state index contributed by atoms with van der Waals surface area (Å²) in [6.45, 7) is 0. The summed E-state index contributed by atoms with van der Waals surface area (Å²) in [5.74, 6) is -0.137. The van der Waals surface area contributed by atoms with Gasteiger partial charge in [-0.2, -0.15) is 4.37 Å². The van der Waals surface area contributed by atoms with E-state index < -0.39 is 9.05 Å². The van der Waals surface area contributed by atoms with E-state index in [0.717, 1.165) is 10.1 Å². The molecule has 2 rings (SSSR count). The highest BCUT2D eigenvalue weighted by Crippen LogP contribution is 2.21. The summed E-state index contributed by atoms with van der Waals surface area (Å²) in [6, 6.07) is 5.39. The number of hydrogen-bond acceptors (Lipinski definition) is 4. The molecule has 0 radical (unpaired) electrons. The molecule has 0 fully saturated rings. The molecule has 0 aliphatic carbocycles. The number of aromatic nitrogens is 1. The second kappa shape index (κ2) is 3.49. The Morgan fingerprint density at radius 2 is 2.21 bits per heavy atom. The van der Waals surface area contributed by atoms with E-state index in [4.69, 9.17) is 10.7 Å². The van der Waals surface area contributed by atoms with Crippen molar-refractivity contribution in [2.24, 2.45) is 0 Å². The van der Waals surface area contributed by atoms with Gasteiger partial charge in [-0.05, 0) is 23.2 Å². The van der Waals surface area contributed by atoms with Crippen molar-refractivity contribution in [1.82, 2.24) is 4.37 Å². The average molecular weight is 248 g/mol. The highest BCUT2D eigenvalue weighted by molar-refractivity contribution is 8.13. The Hall–Kier alpha value is -0.650. The van der Waals surface area contributed by atoms with E-state index in [1.807, 2.05) is 6.07 Å². The Kier molecular flexibility index (Phi) is 2.47. The van der Waals surface area contributed by atoms with Crippen LogP contribution in [0.15, 0.2) is 24.4 Å². The lowest BCUT2D eigenvalue weighted by Gasteiger charge is -1.96. The SMILES string of the molecule is O=S(=O)(Cl)Cc1ccc2cnsc2c1. The van der Waals surface area contributed by atoms with Crippen LogP contribution >= 0.6 is 22.2 Å². The van der Waals surface area contributed by atoms with Crippen LogP contribution in [0.1, 0.15) is 5.56 Å². The molecule has 2 aromatic rings. The maximum absolute atomic E-state index is 10.8. The quantitative estimate of drug-likeness (QED) is 0.766. The number of nitrogens with zero attached hydrogens (tertiary/aromatic N) is 1. The zero-order chi connectivity index (χ0) is 10.2. The lowest BCUT2D eigenvalue weighted by molar-refractivity contribution is 0.609. The fourth-order valence-corrected chi connectivity index (χ4v) is 2.86. The van der Waals surface area contributed by atoms with Crippen LogP contribution < -0.4 is 0 Å². The zero-order valence-corrected chi connectivity index (χ0v) is 9.36.